The Morgan fingerprint density at radius 2 is 0.723 bits per heavy atom. The molecule has 316 valence electrons. The van der Waals surface area contributed by atoms with E-state index in [1.54, 1.807) is 55.6 Å². The number of aryl methyl sites for hydroxylation is 1. The molecule has 0 aliphatic heterocycles. The number of fused-ring (bicyclic) bond motifs is 2. The third kappa shape index (κ3) is 8.29. The smallest absolute Gasteiger partial charge is 0.206 e. The first-order valence-electron chi connectivity index (χ1n) is 21.4. The largest absolute Gasteiger partial charge is 0.497 e. The Kier molecular flexibility index (Phi) is 11.1. The molecule has 0 unspecified atom stereocenters. The Labute approximate surface area is 379 Å². The number of hydrogen-bond acceptors (Lipinski definition) is 6. The van der Waals surface area contributed by atoms with Crippen LogP contribution in [0.4, 0.5) is 34.1 Å². The van der Waals surface area contributed by atoms with Crippen LogP contribution in [0.15, 0.2) is 240 Å². The SMILES string of the molecule is COc1ccc(N(c2ccc(-c3ccc(N(c4ccc(Oc5ccc(S(=O)(=O)c6ccc(C)cc6)cc5)cc4)c4cccc5ccccc45)cc3)cc2)c2cccc3ccccc23)cc1. The number of benzene rings is 10. The lowest BCUT2D eigenvalue weighted by Crippen LogP contribution is -2.10. The van der Waals surface area contributed by atoms with Crippen LogP contribution in [0.2, 0.25) is 0 Å². The number of hydrogen-bond donors (Lipinski definition) is 0. The van der Waals surface area contributed by atoms with Crippen molar-refractivity contribution in [2.75, 3.05) is 16.9 Å². The summed E-state index contributed by atoms with van der Waals surface area (Å²) in [6.07, 6.45) is 0. The number of sulfone groups is 1. The van der Waals surface area contributed by atoms with E-state index in [0.717, 1.165) is 67.3 Å². The van der Waals surface area contributed by atoms with E-state index in [1.165, 1.54) is 10.8 Å². The van der Waals surface area contributed by atoms with E-state index in [2.05, 4.69) is 155 Å². The summed E-state index contributed by atoms with van der Waals surface area (Å²) in [4.78, 5) is 5.03. The first kappa shape index (κ1) is 40.9. The first-order valence-corrected chi connectivity index (χ1v) is 22.9. The van der Waals surface area contributed by atoms with Crippen LogP contribution in [0.25, 0.3) is 32.7 Å². The highest BCUT2D eigenvalue weighted by Crippen LogP contribution is 2.42. The van der Waals surface area contributed by atoms with Crippen LogP contribution in [0.5, 0.6) is 17.2 Å². The number of rotatable bonds is 12. The van der Waals surface area contributed by atoms with Crippen LogP contribution in [0.1, 0.15) is 5.56 Å². The van der Waals surface area contributed by atoms with Crippen molar-refractivity contribution in [2.24, 2.45) is 0 Å². The summed E-state index contributed by atoms with van der Waals surface area (Å²) < 4.78 is 38.2. The fraction of sp³-hybridized carbons (Fsp3) is 0.0345. The van der Waals surface area contributed by atoms with Crippen LogP contribution >= 0.6 is 0 Å². The van der Waals surface area contributed by atoms with Gasteiger partial charge in [-0.2, -0.15) is 0 Å². The van der Waals surface area contributed by atoms with Crippen LogP contribution in [0.3, 0.4) is 0 Å². The minimum absolute atomic E-state index is 0.214. The summed E-state index contributed by atoms with van der Waals surface area (Å²) >= 11 is 0. The Bertz CT molecular complexity index is 3360. The molecule has 65 heavy (non-hydrogen) atoms. The average Bonchev–Trinajstić information content (AvgIpc) is 3.36. The Morgan fingerprint density at radius 3 is 1.15 bits per heavy atom. The molecular weight excluding hydrogens is 821 g/mol. The van der Waals surface area contributed by atoms with Crippen LogP contribution < -0.4 is 19.3 Å². The lowest BCUT2D eigenvalue weighted by Gasteiger charge is -2.27. The highest BCUT2D eigenvalue weighted by Gasteiger charge is 2.20. The van der Waals surface area contributed by atoms with Crippen molar-refractivity contribution < 1.29 is 17.9 Å². The van der Waals surface area contributed by atoms with Crippen LogP contribution in [0, 0.1) is 6.92 Å². The van der Waals surface area contributed by atoms with E-state index < -0.39 is 9.84 Å². The van der Waals surface area contributed by atoms with Gasteiger partial charge in [0.05, 0.1) is 28.3 Å². The first-order chi connectivity index (χ1) is 31.8. The van der Waals surface area contributed by atoms with Gasteiger partial charge in [-0.25, -0.2) is 8.42 Å². The van der Waals surface area contributed by atoms with Crippen molar-refractivity contribution in [1.82, 2.24) is 0 Å². The molecule has 0 bridgehead atoms. The van der Waals surface area contributed by atoms with Gasteiger partial charge >= 0.3 is 0 Å². The normalized spacial score (nSPS) is 11.4. The molecule has 0 aromatic heterocycles. The Balaban J connectivity index is 0.940. The van der Waals surface area contributed by atoms with Crippen molar-refractivity contribution in [3.05, 3.63) is 236 Å². The van der Waals surface area contributed by atoms with E-state index >= 15 is 0 Å². The predicted octanol–water partition coefficient (Wildman–Crippen LogP) is 15.5. The highest BCUT2D eigenvalue weighted by molar-refractivity contribution is 7.91. The molecule has 0 spiro atoms. The van der Waals surface area contributed by atoms with Crippen molar-refractivity contribution in [1.29, 1.82) is 0 Å². The van der Waals surface area contributed by atoms with Gasteiger partial charge in [-0.3, -0.25) is 0 Å². The Morgan fingerprint density at radius 1 is 0.369 bits per heavy atom. The standard InChI is InChI=1S/C58H44N2O4S/c1-41-17-37-53(38-18-41)65(61,62)54-39-35-52(36-40-54)64-51-33-29-49(30-34-51)60(58-16-8-12-45-10-4-6-14-56(45)58)47-25-21-43(22-26-47)42-19-23-46(24-20-42)59(48-27-31-50(63-2)32-28-48)57-15-7-11-44-9-3-5-13-55(44)57/h3-40H,1-2H3. The number of nitrogens with zero attached hydrogens (tertiary/aromatic N) is 2. The maximum atomic E-state index is 13.2. The minimum Gasteiger partial charge on any atom is -0.497 e. The van der Waals surface area contributed by atoms with Crippen molar-refractivity contribution in [3.8, 4) is 28.4 Å². The van der Waals surface area contributed by atoms with Gasteiger partial charge in [0.25, 0.3) is 0 Å². The average molecular weight is 865 g/mol. The molecule has 7 heteroatoms. The molecule has 0 aliphatic rings. The van der Waals surface area contributed by atoms with E-state index in [0.29, 0.717) is 11.5 Å². The van der Waals surface area contributed by atoms with Gasteiger partial charge in [0.15, 0.2) is 0 Å². The monoisotopic (exact) mass is 864 g/mol. The van der Waals surface area contributed by atoms with Crippen LogP contribution in [-0.4, -0.2) is 15.5 Å². The number of methoxy groups -OCH3 is 1. The van der Waals surface area contributed by atoms with Gasteiger partial charge in [-0.05, 0) is 150 Å². The summed E-state index contributed by atoms with van der Waals surface area (Å²) in [5, 5.41) is 4.62. The molecule has 0 N–H and O–H groups in total. The maximum Gasteiger partial charge on any atom is 0.206 e. The summed E-state index contributed by atoms with van der Waals surface area (Å²) in [6.45, 7) is 1.93. The second-order valence-electron chi connectivity index (χ2n) is 15.8. The summed E-state index contributed by atoms with van der Waals surface area (Å²) in [5.74, 6) is 1.98. The van der Waals surface area contributed by atoms with Gasteiger partial charge < -0.3 is 19.3 Å². The Hall–Kier alpha value is -8.13. The lowest BCUT2D eigenvalue weighted by atomic mass is 10.0. The van der Waals surface area contributed by atoms with Gasteiger partial charge in [0, 0.05) is 33.5 Å². The predicted molar refractivity (Wildman–Crippen MR) is 266 cm³/mol. The second kappa shape index (κ2) is 17.6. The third-order valence-corrected chi connectivity index (χ3v) is 13.5. The zero-order valence-corrected chi connectivity index (χ0v) is 36.7. The molecule has 10 rings (SSSR count). The summed E-state index contributed by atoms with van der Waals surface area (Å²) in [6, 6.07) is 76.7. The van der Waals surface area contributed by atoms with E-state index in [-0.39, 0.29) is 9.79 Å². The topological polar surface area (TPSA) is 59.1 Å². The fourth-order valence-electron chi connectivity index (χ4n) is 8.34. The zero-order chi connectivity index (χ0) is 44.3. The molecule has 0 aliphatic carbocycles. The fourth-order valence-corrected chi connectivity index (χ4v) is 9.60. The van der Waals surface area contributed by atoms with Crippen molar-refractivity contribution in [2.45, 2.75) is 16.7 Å². The highest BCUT2D eigenvalue weighted by atomic mass is 32.2. The molecule has 10 aromatic carbocycles. The van der Waals surface area contributed by atoms with Crippen LogP contribution in [-0.2, 0) is 9.84 Å². The number of ether oxygens (including phenoxy) is 2. The van der Waals surface area contributed by atoms with Gasteiger partial charge in [-0.1, -0.05) is 115 Å². The van der Waals surface area contributed by atoms with E-state index in [9.17, 15) is 8.42 Å². The minimum atomic E-state index is -3.65. The molecule has 0 heterocycles. The molecule has 0 radical (unpaired) electrons. The molecule has 0 amide bonds. The van der Waals surface area contributed by atoms with E-state index in [4.69, 9.17) is 9.47 Å². The molecule has 0 saturated heterocycles. The van der Waals surface area contributed by atoms with Crippen molar-refractivity contribution >= 4 is 65.5 Å². The molecule has 0 atom stereocenters. The quantitative estimate of drug-likeness (QED) is 0.122. The van der Waals surface area contributed by atoms with Gasteiger partial charge in [0.2, 0.25) is 9.84 Å². The molecule has 6 nitrogen and oxygen atoms in total. The summed E-state index contributed by atoms with van der Waals surface area (Å²) in [7, 11) is -1.96. The maximum absolute atomic E-state index is 13.2. The lowest BCUT2D eigenvalue weighted by molar-refractivity contribution is 0.415. The zero-order valence-electron chi connectivity index (χ0n) is 35.9. The third-order valence-electron chi connectivity index (χ3n) is 11.7. The molecule has 10 aromatic rings. The molecular formula is C58H44N2O4S. The second-order valence-corrected chi connectivity index (χ2v) is 17.8. The molecule has 0 saturated carbocycles. The van der Waals surface area contributed by atoms with Gasteiger partial charge in [0.1, 0.15) is 17.2 Å². The summed E-state index contributed by atoms with van der Waals surface area (Å²) in [5.41, 5.74) is 9.39. The van der Waals surface area contributed by atoms with E-state index in [1.807, 2.05) is 43.3 Å². The number of anilines is 6. The van der Waals surface area contributed by atoms with Gasteiger partial charge in [-0.15, -0.1) is 0 Å². The van der Waals surface area contributed by atoms with Crippen molar-refractivity contribution in [3.63, 3.8) is 0 Å². The molecule has 0 fully saturated rings.